The standard InChI is InChI=1S/C19H25N5O3/c1-19(11-26-12-19)10-24-9-13(8-23-24)17(21)16-15(20)2-5-22-18(16)27-14-3-6-25-7-4-14/h2,5,8-9,14,21H,3-4,6-7,10-12H2,1H3,(H2,20,22). The van der Waals surface area contributed by atoms with Gasteiger partial charge in [-0.15, -0.1) is 0 Å². The van der Waals surface area contributed by atoms with Gasteiger partial charge in [0, 0.05) is 41.9 Å². The predicted molar refractivity (Wildman–Crippen MR) is 100 cm³/mol. The third-order valence-electron chi connectivity index (χ3n) is 5.01. The van der Waals surface area contributed by atoms with Gasteiger partial charge in [-0.25, -0.2) is 4.98 Å². The van der Waals surface area contributed by atoms with Crippen molar-refractivity contribution in [2.24, 2.45) is 5.41 Å². The molecule has 8 nitrogen and oxygen atoms in total. The van der Waals surface area contributed by atoms with Crippen LogP contribution in [-0.2, 0) is 16.0 Å². The molecule has 0 spiro atoms. The van der Waals surface area contributed by atoms with E-state index >= 15 is 0 Å². The fraction of sp³-hybridized carbons (Fsp3) is 0.526. The molecule has 0 aromatic carbocycles. The van der Waals surface area contributed by atoms with Crippen LogP contribution < -0.4 is 10.5 Å². The number of hydrogen-bond donors (Lipinski definition) is 2. The van der Waals surface area contributed by atoms with Gasteiger partial charge in [0.25, 0.3) is 0 Å². The minimum Gasteiger partial charge on any atom is -0.474 e. The predicted octanol–water partition coefficient (Wildman–Crippen LogP) is 1.87. The van der Waals surface area contributed by atoms with Crippen molar-refractivity contribution in [2.75, 3.05) is 32.2 Å². The van der Waals surface area contributed by atoms with Crippen molar-refractivity contribution in [3.8, 4) is 5.88 Å². The van der Waals surface area contributed by atoms with Crippen LogP contribution in [0.25, 0.3) is 0 Å². The maximum atomic E-state index is 8.67. The van der Waals surface area contributed by atoms with Crippen molar-refractivity contribution in [1.29, 1.82) is 5.41 Å². The summed E-state index contributed by atoms with van der Waals surface area (Å²) in [4.78, 5) is 4.34. The van der Waals surface area contributed by atoms with Gasteiger partial charge in [0.15, 0.2) is 0 Å². The summed E-state index contributed by atoms with van der Waals surface area (Å²) in [5.41, 5.74) is 8.23. The van der Waals surface area contributed by atoms with Gasteiger partial charge in [0.05, 0.1) is 50.4 Å². The number of anilines is 1. The monoisotopic (exact) mass is 371 g/mol. The summed E-state index contributed by atoms with van der Waals surface area (Å²) in [6, 6.07) is 1.69. The van der Waals surface area contributed by atoms with Crippen LogP contribution in [0.5, 0.6) is 5.88 Å². The Morgan fingerprint density at radius 2 is 2.15 bits per heavy atom. The topological polar surface area (TPSA) is 108 Å². The lowest BCUT2D eigenvalue weighted by molar-refractivity contribution is -0.111. The van der Waals surface area contributed by atoms with Gasteiger partial charge in [0.2, 0.25) is 5.88 Å². The summed E-state index contributed by atoms with van der Waals surface area (Å²) in [7, 11) is 0. The first-order valence-corrected chi connectivity index (χ1v) is 9.22. The molecule has 0 aliphatic carbocycles. The number of rotatable bonds is 6. The lowest BCUT2D eigenvalue weighted by Gasteiger charge is -2.37. The van der Waals surface area contributed by atoms with E-state index in [4.69, 9.17) is 25.4 Å². The summed E-state index contributed by atoms with van der Waals surface area (Å²) in [5, 5.41) is 13.1. The zero-order chi connectivity index (χ0) is 18.9. The second-order valence-corrected chi connectivity index (χ2v) is 7.61. The summed E-state index contributed by atoms with van der Waals surface area (Å²) in [5.74, 6) is 0.402. The molecule has 2 fully saturated rings. The first-order valence-electron chi connectivity index (χ1n) is 9.22. The number of ether oxygens (including phenoxy) is 3. The number of nitrogens with zero attached hydrogens (tertiary/aromatic N) is 3. The van der Waals surface area contributed by atoms with Crippen LogP contribution in [0.1, 0.15) is 30.9 Å². The van der Waals surface area contributed by atoms with E-state index in [0.29, 0.717) is 35.9 Å². The number of nitrogens with two attached hydrogens (primary N) is 1. The van der Waals surface area contributed by atoms with Gasteiger partial charge in [-0.3, -0.25) is 10.1 Å². The van der Waals surface area contributed by atoms with Crippen molar-refractivity contribution < 1.29 is 14.2 Å². The summed E-state index contributed by atoms with van der Waals surface area (Å²) < 4.78 is 18.6. The average molecular weight is 371 g/mol. The van der Waals surface area contributed by atoms with Gasteiger partial charge in [-0.1, -0.05) is 6.92 Å². The number of pyridine rings is 1. The highest BCUT2D eigenvalue weighted by Gasteiger charge is 2.34. The van der Waals surface area contributed by atoms with E-state index in [0.717, 1.165) is 32.6 Å². The zero-order valence-electron chi connectivity index (χ0n) is 15.5. The van der Waals surface area contributed by atoms with Crippen LogP contribution >= 0.6 is 0 Å². The van der Waals surface area contributed by atoms with Crippen LogP contribution in [0, 0.1) is 10.8 Å². The lowest BCUT2D eigenvalue weighted by Crippen LogP contribution is -2.43. The van der Waals surface area contributed by atoms with Crippen LogP contribution in [0.2, 0.25) is 0 Å². The Morgan fingerprint density at radius 3 is 2.85 bits per heavy atom. The molecule has 0 unspecified atom stereocenters. The van der Waals surface area contributed by atoms with Gasteiger partial charge < -0.3 is 19.9 Å². The van der Waals surface area contributed by atoms with E-state index in [1.165, 1.54) is 0 Å². The van der Waals surface area contributed by atoms with Crippen LogP contribution in [-0.4, -0.2) is 53.0 Å². The van der Waals surface area contributed by atoms with Gasteiger partial charge in [-0.05, 0) is 6.07 Å². The Balaban J connectivity index is 1.55. The van der Waals surface area contributed by atoms with E-state index in [1.54, 1.807) is 18.5 Å². The van der Waals surface area contributed by atoms with Crippen LogP contribution in [0.4, 0.5) is 5.69 Å². The van der Waals surface area contributed by atoms with Gasteiger partial charge in [0.1, 0.15) is 6.10 Å². The van der Waals surface area contributed by atoms with Crippen molar-refractivity contribution >= 4 is 11.4 Å². The van der Waals surface area contributed by atoms with E-state index < -0.39 is 0 Å². The third-order valence-corrected chi connectivity index (χ3v) is 5.01. The summed E-state index contributed by atoms with van der Waals surface area (Å²) in [6.07, 6.45) is 6.82. The normalized spacial score (nSPS) is 19.4. The molecule has 0 bridgehead atoms. The van der Waals surface area contributed by atoms with Crippen molar-refractivity contribution in [3.63, 3.8) is 0 Å². The first kappa shape index (κ1) is 17.9. The molecular weight excluding hydrogens is 346 g/mol. The number of nitrogen functional groups attached to an aromatic ring is 1. The van der Waals surface area contributed by atoms with Crippen molar-refractivity contribution in [1.82, 2.24) is 14.8 Å². The van der Waals surface area contributed by atoms with Gasteiger partial charge >= 0.3 is 0 Å². The second kappa shape index (κ2) is 7.28. The quantitative estimate of drug-likeness (QED) is 0.751. The molecule has 4 rings (SSSR count). The van der Waals surface area contributed by atoms with Crippen LogP contribution in [0.3, 0.4) is 0 Å². The highest BCUT2D eigenvalue weighted by atomic mass is 16.5. The molecule has 0 amide bonds. The van der Waals surface area contributed by atoms with Crippen molar-refractivity contribution in [3.05, 3.63) is 35.8 Å². The molecule has 8 heteroatoms. The summed E-state index contributed by atoms with van der Waals surface area (Å²) in [6.45, 7) is 5.75. The maximum absolute atomic E-state index is 8.67. The van der Waals surface area contributed by atoms with Crippen LogP contribution in [0.15, 0.2) is 24.7 Å². The molecule has 3 N–H and O–H groups in total. The van der Waals surface area contributed by atoms with E-state index in [2.05, 4.69) is 17.0 Å². The Bertz CT molecular complexity index is 825. The Labute approximate surface area is 158 Å². The molecule has 144 valence electrons. The maximum Gasteiger partial charge on any atom is 0.225 e. The molecular formula is C19H25N5O3. The van der Waals surface area contributed by atoms with Gasteiger partial charge in [-0.2, -0.15) is 5.10 Å². The molecule has 2 aromatic rings. The van der Waals surface area contributed by atoms with E-state index in [1.807, 2.05) is 10.9 Å². The molecule has 2 aliphatic rings. The number of aromatic nitrogens is 3. The molecule has 0 radical (unpaired) electrons. The minimum atomic E-state index is 0.0286. The second-order valence-electron chi connectivity index (χ2n) is 7.61. The molecule has 2 saturated heterocycles. The Kier molecular flexibility index (Phi) is 4.84. The van der Waals surface area contributed by atoms with E-state index in [-0.39, 0.29) is 17.2 Å². The molecule has 0 saturated carbocycles. The largest absolute Gasteiger partial charge is 0.474 e. The minimum absolute atomic E-state index is 0.0286. The smallest absolute Gasteiger partial charge is 0.225 e. The highest BCUT2D eigenvalue weighted by molar-refractivity contribution is 6.15. The third kappa shape index (κ3) is 3.81. The first-order chi connectivity index (χ1) is 13.0. The fourth-order valence-electron chi connectivity index (χ4n) is 3.41. The molecule has 4 heterocycles. The molecule has 2 aromatic heterocycles. The number of nitrogens with one attached hydrogen (secondary N) is 1. The molecule has 27 heavy (non-hydrogen) atoms. The SMILES string of the molecule is CC1(Cn2cc(C(=N)c3c(N)ccnc3OC3CCOCC3)cn2)COC1. The molecule has 0 atom stereocenters. The lowest BCUT2D eigenvalue weighted by atomic mass is 9.89. The Hall–Kier alpha value is -2.45. The Morgan fingerprint density at radius 1 is 1.37 bits per heavy atom. The fourth-order valence-corrected chi connectivity index (χ4v) is 3.41. The van der Waals surface area contributed by atoms with E-state index in [9.17, 15) is 0 Å². The average Bonchev–Trinajstić information content (AvgIpc) is 3.09. The molecule has 2 aliphatic heterocycles. The zero-order valence-corrected chi connectivity index (χ0v) is 15.5. The summed E-state index contributed by atoms with van der Waals surface area (Å²) >= 11 is 0. The van der Waals surface area contributed by atoms with Crippen molar-refractivity contribution in [2.45, 2.75) is 32.4 Å². The number of hydrogen-bond acceptors (Lipinski definition) is 7. The highest BCUT2D eigenvalue weighted by Crippen LogP contribution is 2.30.